The smallest absolute Gasteiger partial charge is 0.240 e. The first-order valence-electron chi connectivity index (χ1n) is 6.53. The molecule has 0 saturated heterocycles. The van der Waals surface area contributed by atoms with Gasteiger partial charge in [0.2, 0.25) is 10.0 Å². The standard InChI is InChI=1S/C14H24N2O3S/c1-10(2)14(3,4)9-16-20(17,18)11-6-7-12(15)13(8-11)19-5/h6-8,10,16H,9,15H2,1-5H3. The zero-order valence-electron chi connectivity index (χ0n) is 12.7. The van der Waals surface area contributed by atoms with E-state index in [2.05, 4.69) is 18.6 Å². The lowest BCUT2D eigenvalue weighted by Crippen LogP contribution is -2.36. The van der Waals surface area contributed by atoms with Crippen molar-refractivity contribution in [2.75, 3.05) is 19.4 Å². The van der Waals surface area contributed by atoms with E-state index in [1.165, 1.54) is 25.3 Å². The Balaban J connectivity index is 2.95. The maximum Gasteiger partial charge on any atom is 0.240 e. The molecule has 20 heavy (non-hydrogen) atoms. The third-order valence-corrected chi connectivity index (χ3v) is 5.19. The second-order valence-electron chi connectivity index (χ2n) is 5.87. The van der Waals surface area contributed by atoms with E-state index in [9.17, 15) is 8.42 Å². The SMILES string of the molecule is COc1cc(S(=O)(=O)NCC(C)(C)C(C)C)ccc1N. The topological polar surface area (TPSA) is 81.4 Å². The van der Waals surface area contributed by atoms with E-state index in [1.807, 2.05) is 13.8 Å². The third-order valence-electron chi connectivity index (χ3n) is 3.80. The predicted molar refractivity (Wildman–Crippen MR) is 81.2 cm³/mol. The molecule has 1 aromatic carbocycles. The van der Waals surface area contributed by atoms with E-state index in [1.54, 1.807) is 0 Å². The van der Waals surface area contributed by atoms with Gasteiger partial charge in [-0.1, -0.05) is 27.7 Å². The number of hydrogen-bond acceptors (Lipinski definition) is 4. The van der Waals surface area contributed by atoms with Gasteiger partial charge in [0, 0.05) is 12.6 Å². The van der Waals surface area contributed by atoms with Crippen molar-refractivity contribution in [3.63, 3.8) is 0 Å². The first-order chi connectivity index (χ1) is 9.10. The van der Waals surface area contributed by atoms with Crippen molar-refractivity contribution in [1.82, 2.24) is 4.72 Å². The van der Waals surface area contributed by atoms with E-state index in [0.29, 0.717) is 23.9 Å². The van der Waals surface area contributed by atoms with Crippen LogP contribution in [0.3, 0.4) is 0 Å². The van der Waals surface area contributed by atoms with Gasteiger partial charge in [-0.15, -0.1) is 0 Å². The maximum absolute atomic E-state index is 12.3. The van der Waals surface area contributed by atoms with Crippen LogP contribution in [0.4, 0.5) is 5.69 Å². The van der Waals surface area contributed by atoms with Crippen molar-refractivity contribution >= 4 is 15.7 Å². The Kier molecular flexibility index (Phi) is 5.05. The van der Waals surface area contributed by atoms with Gasteiger partial charge in [0.1, 0.15) is 5.75 Å². The molecule has 0 aliphatic rings. The molecule has 0 saturated carbocycles. The highest BCUT2D eigenvalue weighted by Crippen LogP contribution is 2.27. The Bertz CT molecular complexity index is 566. The lowest BCUT2D eigenvalue weighted by atomic mass is 9.81. The number of ether oxygens (including phenoxy) is 1. The lowest BCUT2D eigenvalue weighted by molar-refractivity contribution is 0.252. The Morgan fingerprint density at radius 2 is 1.95 bits per heavy atom. The van der Waals surface area contributed by atoms with Gasteiger partial charge in [-0.2, -0.15) is 0 Å². The molecule has 0 bridgehead atoms. The van der Waals surface area contributed by atoms with Gasteiger partial charge in [0.05, 0.1) is 17.7 Å². The van der Waals surface area contributed by atoms with Crippen LogP contribution in [0.5, 0.6) is 5.75 Å². The van der Waals surface area contributed by atoms with Gasteiger partial charge in [0.15, 0.2) is 0 Å². The molecule has 0 fully saturated rings. The molecule has 0 aliphatic carbocycles. The highest BCUT2D eigenvalue weighted by atomic mass is 32.2. The molecule has 1 rings (SSSR count). The third kappa shape index (κ3) is 3.86. The molecule has 114 valence electrons. The van der Waals surface area contributed by atoms with Crippen molar-refractivity contribution in [1.29, 1.82) is 0 Å². The van der Waals surface area contributed by atoms with Gasteiger partial charge >= 0.3 is 0 Å². The molecule has 6 heteroatoms. The fraction of sp³-hybridized carbons (Fsp3) is 0.571. The molecular formula is C14H24N2O3S. The average molecular weight is 300 g/mol. The summed E-state index contributed by atoms with van der Waals surface area (Å²) in [5.74, 6) is 0.724. The molecule has 0 aliphatic heterocycles. The molecule has 0 spiro atoms. The van der Waals surface area contributed by atoms with Crippen LogP contribution in [-0.2, 0) is 10.0 Å². The summed E-state index contributed by atoms with van der Waals surface area (Å²) >= 11 is 0. The van der Waals surface area contributed by atoms with Crippen molar-refractivity contribution in [2.45, 2.75) is 32.6 Å². The number of nitrogens with two attached hydrogens (primary N) is 1. The monoisotopic (exact) mass is 300 g/mol. The zero-order chi connectivity index (χ0) is 15.6. The highest BCUT2D eigenvalue weighted by Gasteiger charge is 2.25. The molecule has 0 aromatic heterocycles. The van der Waals surface area contributed by atoms with Crippen molar-refractivity contribution < 1.29 is 13.2 Å². The summed E-state index contributed by atoms with van der Waals surface area (Å²) in [7, 11) is -2.11. The van der Waals surface area contributed by atoms with Crippen LogP contribution >= 0.6 is 0 Å². The Hall–Kier alpha value is -1.27. The van der Waals surface area contributed by atoms with E-state index < -0.39 is 10.0 Å². The summed E-state index contributed by atoms with van der Waals surface area (Å²) in [5, 5.41) is 0. The fourth-order valence-corrected chi connectivity index (χ4v) is 2.67. The molecule has 1 aromatic rings. The van der Waals surface area contributed by atoms with Crippen LogP contribution in [0.1, 0.15) is 27.7 Å². The Morgan fingerprint density at radius 3 is 2.45 bits per heavy atom. The Labute approximate surface area is 121 Å². The minimum atomic E-state index is -3.56. The molecule has 0 amide bonds. The number of nitrogens with one attached hydrogen (secondary N) is 1. The van der Waals surface area contributed by atoms with Crippen LogP contribution in [0.15, 0.2) is 23.1 Å². The number of sulfonamides is 1. The van der Waals surface area contributed by atoms with Crippen LogP contribution in [-0.4, -0.2) is 22.1 Å². The van der Waals surface area contributed by atoms with E-state index in [4.69, 9.17) is 10.5 Å². The Morgan fingerprint density at radius 1 is 1.35 bits per heavy atom. The molecule has 0 radical (unpaired) electrons. The van der Waals surface area contributed by atoms with Gasteiger partial charge < -0.3 is 10.5 Å². The number of benzene rings is 1. The van der Waals surface area contributed by atoms with E-state index >= 15 is 0 Å². The van der Waals surface area contributed by atoms with Gasteiger partial charge in [-0.3, -0.25) is 0 Å². The second-order valence-corrected chi connectivity index (χ2v) is 7.64. The summed E-state index contributed by atoms with van der Waals surface area (Å²) in [5.41, 5.74) is 5.98. The lowest BCUT2D eigenvalue weighted by Gasteiger charge is -2.29. The van der Waals surface area contributed by atoms with Crippen LogP contribution in [0, 0.1) is 11.3 Å². The predicted octanol–water partition coefficient (Wildman–Crippen LogP) is 2.24. The average Bonchev–Trinajstić information content (AvgIpc) is 2.37. The first kappa shape index (κ1) is 16.8. The molecular weight excluding hydrogens is 276 g/mol. The second kappa shape index (κ2) is 6.01. The summed E-state index contributed by atoms with van der Waals surface area (Å²) in [4.78, 5) is 0.156. The highest BCUT2D eigenvalue weighted by molar-refractivity contribution is 7.89. The van der Waals surface area contributed by atoms with Crippen molar-refractivity contribution in [3.05, 3.63) is 18.2 Å². The van der Waals surface area contributed by atoms with Crippen molar-refractivity contribution in [3.8, 4) is 5.75 Å². The molecule has 0 unspecified atom stereocenters. The quantitative estimate of drug-likeness (QED) is 0.789. The molecule has 0 heterocycles. The minimum absolute atomic E-state index is 0.120. The normalized spacial score (nSPS) is 12.7. The zero-order valence-corrected chi connectivity index (χ0v) is 13.5. The van der Waals surface area contributed by atoms with E-state index in [0.717, 1.165) is 0 Å². The van der Waals surface area contributed by atoms with Crippen LogP contribution in [0.25, 0.3) is 0 Å². The number of nitrogen functional groups attached to an aromatic ring is 1. The largest absolute Gasteiger partial charge is 0.495 e. The fourth-order valence-electron chi connectivity index (χ4n) is 1.43. The molecule has 3 N–H and O–H groups in total. The summed E-state index contributed by atoms with van der Waals surface area (Å²) in [6, 6.07) is 4.43. The van der Waals surface area contributed by atoms with Crippen molar-refractivity contribution in [2.24, 2.45) is 11.3 Å². The van der Waals surface area contributed by atoms with Crippen LogP contribution in [0.2, 0.25) is 0 Å². The first-order valence-corrected chi connectivity index (χ1v) is 8.01. The minimum Gasteiger partial charge on any atom is -0.495 e. The summed E-state index contributed by atoms with van der Waals surface area (Å²) in [6.45, 7) is 8.58. The number of methoxy groups -OCH3 is 1. The number of hydrogen-bond donors (Lipinski definition) is 2. The van der Waals surface area contributed by atoms with Crippen LogP contribution < -0.4 is 15.2 Å². The number of rotatable bonds is 6. The summed E-state index contributed by atoms with van der Waals surface area (Å²) < 4.78 is 32.2. The molecule has 5 nitrogen and oxygen atoms in total. The van der Waals surface area contributed by atoms with Gasteiger partial charge in [-0.25, -0.2) is 13.1 Å². The van der Waals surface area contributed by atoms with Gasteiger partial charge in [0.25, 0.3) is 0 Å². The summed E-state index contributed by atoms with van der Waals surface area (Å²) in [6.07, 6.45) is 0. The number of anilines is 1. The molecule has 0 atom stereocenters. The van der Waals surface area contributed by atoms with E-state index in [-0.39, 0.29) is 10.3 Å². The maximum atomic E-state index is 12.3. The van der Waals surface area contributed by atoms with Gasteiger partial charge in [-0.05, 0) is 23.5 Å².